The highest BCUT2D eigenvalue weighted by molar-refractivity contribution is 7.15. The number of aromatic nitrogens is 1. The van der Waals surface area contributed by atoms with Crippen LogP contribution < -0.4 is 10.6 Å². The molecule has 0 fully saturated rings. The second-order valence-corrected chi connectivity index (χ2v) is 5.72. The van der Waals surface area contributed by atoms with E-state index in [2.05, 4.69) is 15.6 Å². The second-order valence-electron chi connectivity index (χ2n) is 4.64. The summed E-state index contributed by atoms with van der Waals surface area (Å²) in [5, 5.41) is 6.88. The quantitative estimate of drug-likeness (QED) is 0.883. The van der Waals surface area contributed by atoms with Crippen molar-refractivity contribution in [2.24, 2.45) is 0 Å². The molecule has 2 N–H and O–H groups in total. The van der Waals surface area contributed by atoms with Crippen molar-refractivity contribution in [3.05, 3.63) is 46.0 Å². The van der Waals surface area contributed by atoms with Gasteiger partial charge in [-0.1, -0.05) is 17.7 Å². The molecule has 1 amide bonds. The van der Waals surface area contributed by atoms with E-state index >= 15 is 0 Å². The number of hydrogen-bond acceptors (Lipinski definition) is 4. The van der Waals surface area contributed by atoms with E-state index in [-0.39, 0.29) is 5.91 Å². The lowest BCUT2D eigenvalue weighted by molar-refractivity contribution is 0.102. The molecule has 2 heterocycles. The first-order valence-electron chi connectivity index (χ1n) is 6.30. The molecule has 4 nitrogen and oxygen atoms in total. The van der Waals surface area contributed by atoms with Crippen molar-refractivity contribution >= 4 is 22.4 Å². The smallest absolute Gasteiger partial charge is 0.257 e. The van der Waals surface area contributed by atoms with Crippen molar-refractivity contribution in [1.29, 1.82) is 0 Å². The Hall–Kier alpha value is -1.72. The van der Waals surface area contributed by atoms with E-state index in [1.165, 1.54) is 4.88 Å². The molecule has 0 aliphatic carbocycles. The van der Waals surface area contributed by atoms with Crippen LogP contribution in [-0.4, -0.2) is 17.4 Å². The van der Waals surface area contributed by atoms with E-state index in [1.54, 1.807) is 11.3 Å². The number of benzene rings is 1. The van der Waals surface area contributed by atoms with Gasteiger partial charge in [0.1, 0.15) is 0 Å². The Morgan fingerprint density at radius 1 is 1.47 bits per heavy atom. The van der Waals surface area contributed by atoms with Crippen LogP contribution in [0.25, 0.3) is 0 Å². The van der Waals surface area contributed by atoms with E-state index in [1.807, 2.05) is 31.2 Å². The highest BCUT2D eigenvalue weighted by Gasteiger charge is 2.16. The van der Waals surface area contributed by atoms with Crippen molar-refractivity contribution < 1.29 is 4.79 Å². The molecule has 1 aliphatic heterocycles. The van der Waals surface area contributed by atoms with Gasteiger partial charge in [0.2, 0.25) is 0 Å². The predicted molar refractivity (Wildman–Crippen MR) is 76.7 cm³/mol. The first-order chi connectivity index (χ1) is 9.22. The summed E-state index contributed by atoms with van der Waals surface area (Å²) in [4.78, 5) is 17.8. The summed E-state index contributed by atoms with van der Waals surface area (Å²) in [7, 11) is 0. The summed E-state index contributed by atoms with van der Waals surface area (Å²) < 4.78 is 0. The van der Waals surface area contributed by atoms with Crippen LogP contribution in [0.1, 0.15) is 26.5 Å². The number of nitrogens with one attached hydrogen (secondary N) is 2. The summed E-state index contributed by atoms with van der Waals surface area (Å²) in [5.41, 5.74) is 2.87. The van der Waals surface area contributed by atoms with Crippen molar-refractivity contribution in [2.45, 2.75) is 19.9 Å². The minimum absolute atomic E-state index is 0.0947. The standard InChI is InChI=1S/C14H15N3OS/c1-9-3-2-4-10(7-9)13(18)17-14-16-11-5-6-15-8-12(11)19-14/h2-4,7,15H,5-6,8H2,1H3,(H,16,17,18). The molecule has 2 aromatic rings. The van der Waals surface area contributed by atoms with Gasteiger partial charge in [0.05, 0.1) is 5.69 Å². The number of hydrogen-bond donors (Lipinski definition) is 2. The maximum Gasteiger partial charge on any atom is 0.257 e. The average Bonchev–Trinajstić information content (AvgIpc) is 2.80. The number of fused-ring (bicyclic) bond motifs is 1. The van der Waals surface area contributed by atoms with Gasteiger partial charge in [-0.15, -0.1) is 11.3 Å². The van der Waals surface area contributed by atoms with Gasteiger partial charge >= 0.3 is 0 Å². The molecule has 0 bridgehead atoms. The number of carbonyl (C=O) groups is 1. The number of anilines is 1. The fourth-order valence-electron chi connectivity index (χ4n) is 2.13. The van der Waals surface area contributed by atoms with E-state index in [0.717, 1.165) is 30.8 Å². The Morgan fingerprint density at radius 3 is 3.16 bits per heavy atom. The molecular weight excluding hydrogens is 258 g/mol. The lowest BCUT2D eigenvalue weighted by Gasteiger charge is -2.09. The third-order valence-corrected chi connectivity index (χ3v) is 4.12. The molecule has 0 radical (unpaired) electrons. The maximum absolute atomic E-state index is 12.1. The van der Waals surface area contributed by atoms with Gasteiger partial charge in [0.25, 0.3) is 5.91 Å². The molecule has 1 aliphatic rings. The number of nitrogens with zero attached hydrogens (tertiary/aromatic N) is 1. The fraction of sp³-hybridized carbons (Fsp3) is 0.286. The van der Waals surface area contributed by atoms with E-state index in [0.29, 0.717) is 10.7 Å². The number of amides is 1. The summed E-state index contributed by atoms with van der Waals surface area (Å²) in [6, 6.07) is 7.56. The third-order valence-electron chi connectivity index (χ3n) is 3.10. The Morgan fingerprint density at radius 2 is 2.37 bits per heavy atom. The number of aryl methyl sites for hydroxylation is 1. The SMILES string of the molecule is Cc1cccc(C(=O)Nc2nc3c(s2)CNCC3)c1. The monoisotopic (exact) mass is 273 g/mol. The molecule has 0 spiro atoms. The summed E-state index contributed by atoms with van der Waals surface area (Å²) in [6.07, 6.45) is 0.937. The molecule has 0 unspecified atom stereocenters. The molecule has 5 heteroatoms. The lowest BCUT2D eigenvalue weighted by Crippen LogP contribution is -2.22. The van der Waals surface area contributed by atoms with Crippen LogP contribution in [0, 0.1) is 6.92 Å². The second kappa shape index (κ2) is 5.11. The number of thiazole rings is 1. The van der Waals surface area contributed by atoms with Crippen LogP contribution in [0.15, 0.2) is 24.3 Å². The van der Waals surface area contributed by atoms with Crippen molar-refractivity contribution in [3.8, 4) is 0 Å². The van der Waals surface area contributed by atoms with E-state index < -0.39 is 0 Å². The molecule has 1 aromatic carbocycles. The highest BCUT2D eigenvalue weighted by Crippen LogP contribution is 2.25. The van der Waals surface area contributed by atoms with Gasteiger partial charge in [0.15, 0.2) is 5.13 Å². The topological polar surface area (TPSA) is 54.0 Å². The molecule has 3 rings (SSSR count). The summed E-state index contributed by atoms with van der Waals surface area (Å²) >= 11 is 1.56. The van der Waals surface area contributed by atoms with Crippen molar-refractivity contribution in [3.63, 3.8) is 0 Å². The van der Waals surface area contributed by atoms with Gasteiger partial charge < -0.3 is 5.32 Å². The van der Waals surface area contributed by atoms with Gasteiger partial charge in [0, 0.05) is 30.0 Å². The molecule has 19 heavy (non-hydrogen) atoms. The molecule has 0 atom stereocenters. The molecule has 1 aromatic heterocycles. The Bertz CT molecular complexity index is 597. The zero-order chi connectivity index (χ0) is 13.2. The van der Waals surface area contributed by atoms with Crippen molar-refractivity contribution in [2.75, 3.05) is 11.9 Å². The van der Waals surface area contributed by atoms with Gasteiger partial charge in [-0.25, -0.2) is 4.98 Å². The summed E-state index contributed by atoms with van der Waals surface area (Å²) in [6.45, 7) is 3.79. The van der Waals surface area contributed by atoms with Crippen molar-refractivity contribution in [1.82, 2.24) is 10.3 Å². The minimum atomic E-state index is -0.0947. The minimum Gasteiger partial charge on any atom is -0.311 e. The number of carbonyl (C=O) groups excluding carboxylic acids is 1. The van der Waals surface area contributed by atoms with Crippen LogP contribution in [0.5, 0.6) is 0 Å². The molecule has 98 valence electrons. The first-order valence-corrected chi connectivity index (χ1v) is 7.11. The molecule has 0 saturated heterocycles. The van der Waals surface area contributed by atoms with Crippen LogP contribution in [0.2, 0.25) is 0 Å². The van der Waals surface area contributed by atoms with Crippen LogP contribution in [0.3, 0.4) is 0 Å². The van der Waals surface area contributed by atoms with E-state index in [9.17, 15) is 4.79 Å². The maximum atomic E-state index is 12.1. The first kappa shape index (κ1) is 12.3. The lowest BCUT2D eigenvalue weighted by atomic mass is 10.1. The third kappa shape index (κ3) is 2.67. The van der Waals surface area contributed by atoms with Gasteiger partial charge in [-0.05, 0) is 19.1 Å². The van der Waals surface area contributed by atoms with Crippen LogP contribution in [-0.2, 0) is 13.0 Å². The normalized spacial score (nSPS) is 13.9. The highest BCUT2D eigenvalue weighted by atomic mass is 32.1. The largest absolute Gasteiger partial charge is 0.311 e. The van der Waals surface area contributed by atoms with E-state index in [4.69, 9.17) is 0 Å². The summed E-state index contributed by atoms with van der Waals surface area (Å²) in [5.74, 6) is -0.0947. The zero-order valence-electron chi connectivity index (χ0n) is 10.7. The Labute approximate surface area is 115 Å². The van der Waals surface area contributed by atoms with Crippen LogP contribution >= 0.6 is 11.3 Å². The number of rotatable bonds is 2. The predicted octanol–water partition coefficient (Wildman–Crippen LogP) is 2.35. The molecular formula is C14H15N3OS. The van der Waals surface area contributed by atoms with Crippen LogP contribution in [0.4, 0.5) is 5.13 Å². The zero-order valence-corrected chi connectivity index (χ0v) is 11.5. The fourth-order valence-corrected chi connectivity index (χ4v) is 3.11. The Balaban J connectivity index is 1.77. The van der Waals surface area contributed by atoms with Gasteiger partial charge in [-0.3, -0.25) is 10.1 Å². The Kier molecular flexibility index (Phi) is 3.31. The molecule has 0 saturated carbocycles. The average molecular weight is 273 g/mol. The van der Waals surface area contributed by atoms with Gasteiger partial charge in [-0.2, -0.15) is 0 Å².